The Kier molecular flexibility index (Phi) is 3.86. The van der Waals surface area contributed by atoms with Crippen LogP contribution in [-0.4, -0.2) is 29.1 Å². The summed E-state index contributed by atoms with van der Waals surface area (Å²) < 4.78 is 4.13. The molecule has 4 aromatic heterocycles. The molecule has 0 amide bonds. The van der Waals surface area contributed by atoms with Gasteiger partial charge in [-0.2, -0.15) is 5.10 Å². The van der Waals surface area contributed by atoms with E-state index >= 15 is 0 Å². The van der Waals surface area contributed by atoms with Gasteiger partial charge >= 0.3 is 0 Å². The van der Waals surface area contributed by atoms with Crippen LogP contribution in [0.1, 0.15) is 0 Å². The van der Waals surface area contributed by atoms with Crippen molar-refractivity contribution in [3.63, 3.8) is 0 Å². The number of aromatic nitrogens is 6. The number of fused-ring (bicyclic) bond motifs is 2. The Morgan fingerprint density at radius 1 is 0.903 bits per heavy atom. The van der Waals surface area contributed by atoms with Crippen LogP contribution in [0.5, 0.6) is 0 Å². The summed E-state index contributed by atoms with van der Waals surface area (Å²) in [4.78, 5) is 9.41. The number of aryl methyl sites for hydroxylation is 1. The Morgan fingerprint density at radius 3 is 2.61 bits per heavy atom. The van der Waals surface area contributed by atoms with E-state index in [-0.39, 0.29) is 0 Å². The molecule has 31 heavy (non-hydrogen) atoms. The number of aromatic amines is 1. The number of imidazole rings is 1. The summed E-state index contributed by atoms with van der Waals surface area (Å²) in [6.45, 7) is 0. The Hall–Kier alpha value is -4.39. The van der Waals surface area contributed by atoms with Gasteiger partial charge in [0.1, 0.15) is 17.3 Å². The van der Waals surface area contributed by atoms with Crippen molar-refractivity contribution in [2.45, 2.75) is 0 Å². The normalized spacial score (nSPS) is 11.4. The number of rotatable bonds is 4. The summed E-state index contributed by atoms with van der Waals surface area (Å²) in [6.07, 6.45) is 9.50. The van der Waals surface area contributed by atoms with Crippen molar-refractivity contribution < 1.29 is 0 Å². The molecule has 2 N–H and O–H groups in total. The minimum Gasteiger partial charge on any atom is -0.351 e. The number of hydrogen-bond donors (Lipinski definition) is 2. The third-order valence-electron chi connectivity index (χ3n) is 5.52. The second-order valence-corrected chi connectivity index (χ2v) is 7.51. The lowest BCUT2D eigenvalue weighted by Gasteiger charge is -2.11. The van der Waals surface area contributed by atoms with Crippen molar-refractivity contribution in [2.24, 2.45) is 7.05 Å². The summed E-state index contributed by atoms with van der Waals surface area (Å²) in [5.74, 6) is 1.59. The van der Waals surface area contributed by atoms with Gasteiger partial charge in [0.25, 0.3) is 0 Å². The third kappa shape index (κ3) is 3.03. The van der Waals surface area contributed by atoms with Crippen LogP contribution in [0.25, 0.3) is 39.1 Å². The first-order chi connectivity index (χ1) is 15.2. The zero-order valence-electron chi connectivity index (χ0n) is 16.8. The van der Waals surface area contributed by atoms with E-state index in [4.69, 9.17) is 4.98 Å². The maximum absolute atomic E-state index is 4.92. The van der Waals surface area contributed by atoms with Gasteiger partial charge in [0.15, 0.2) is 0 Å². The molecule has 0 bridgehead atoms. The van der Waals surface area contributed by atoms with Crippen molar-refractivity contribution in [3.8, 4) is 22.5 Å². The molecule has 150 valence electrons. The summed E-state index contributed by atoms with van der Waals surface area (Å²) in [5, 5.41) is 11.5. The van der Waals surface area contributed by atoms with Gasteiger partial charge in [0.05, 0.1) is 6.20 Å². The zero-order chi connectivity index (χ0) is 20.8. The topological polar surface area (TPSA) is 75.8 Å². The van der Waals surface area contributed by atoms with Crippen LogP contribution in [-0.2, 0) is 7.05 Å². The number of anilines is 2. The third-order valence-corrected chi connectivity index (χ3v) is 5.52. The molecular formula is C24H19N7. The highest BCUT2D eigenvalue weighted by Gasteiger charge is 2.11. The van der Waals surface area contributed by atoms with E-state index in [1.54, 1.807) is 6.20 Å². The van der Waals surface area contributed by atoms with Crippen molar-refractivity contribution in [3.05, 3.63) is 85.6 Å². The number of nitrogens with zero attached hydrogens (tertiary/aromatic N) is 5. The highest BCUT2D eigenvalue weighted by molar-refractivity contribution is 5.85. The van der Waals surface area contributed by atoms with Gasteiger partial charge in [-0.15, -0.1) is 0 Å². The van der Waals surface area contributed by atoms with Gasteiger partial charge in [-0.1, -0.05) is 24.3 Å². The molecule has 0 spiro atoms. The van der Waals surface area contributed by atoms with Gasteiger partial charge in [0.2, 0.25) is 0 Å². The minimum atomic E-state index is 0.747. The molecule has 0 aliphatic heterocycles. The number of nitrogens with one attached hydrogen (secondary N) is 2. The predicted molar refractivity (Wildman–Crippen MR) is 122 cm³/mol. The lowest BCUT2D eigenvalue weighted by Crippen LogP contribution is -2.01. The van der Waals surface area contributed by atoms with Gasteiger partial charge in [-0.05, 0) is 35.2 Å². The standard InChI is InChI=1S/C24H19N7/c1-30-10-8-17-2-3-18(12-21(17)30)24-29-22(13-23-25-9-11-31(23)24)28-20-6-4-16(5-7-20)19-14-26-27-15-19/h2-15,28H,1H3,(H,26,27). The highest BCUT2D eigenvalue weighted by Crippen LogP contribution is 2.27. The number of benzene rings is 2. The fourth-order valence-electron chi connectivity index (χ4n) is 3.90. The van der Waals surface area contributed by atoms with Crippen molar-refractivity contribution in [1.29, 1.82) is 0 Å². The van der Waals surface area contributed by atoms with Gasteiger partial charge < -0.3 is 9.88 Å². The summed E-state index contributed by atoms with van der Waals surface area (Å²) in [7, 11) is 2.05. The molecule has 2 aromatic carbocycles. The van der Waals surface area contributed by atoms with E-state index in [9.17, 15) is 0 Å². The van der Waals surface area contributed by atoms with E-state index in [0.29, 0.717) is 0 Å². The molecule has 6 rings (SSSR count). The molecule has 7 nitrogen and oxygen atoms in total. The minimum absolute atomic E-state index is 0.747. The van der Waals surface area contributed by atoms with Gasteiger partial charge in [-0.3, -0.25) is 9.50 Å². The largest absolute Gasteiger partial charge is 0.351 e. The molecule has 0 fully saturated rings. The van der Waals surface area contributed by atoms with Crippen molar-refractivity contribution in [2.75, 3.05) is 5.32 Å². The monoisotopic (exact) mass is 405 g/mol. The molecule has 0 atom stereocenters. The molecule has 6 aromatic rings. The molecule has 0 aliphatic carbocycles. The van der Waals surface area contributed by atoms with E-state index in [1.165, 1.54) is 10.9 Å². The smallest absolute Gasteiger partial charge is 0.148 e. The first kappa shape index (κ1) is 17.5. The van der Waals surface area contributed by atoms with E-state index in [1.807, 2.05) is 41.2 Å². The molecule has 4 heterocycles. The Balaban J connectivity index is 1.39. The Bertz CT molecular complexity index is 1510. The van der Waals surface area contributed by atoms with Crippen LogP contribution >= 0.6 is 0 Å². The summed E-state index contributed by atoms with van der Waals surface area (Å²) in [5.41, 5.74) is 6.17. The summed E-state index contributed by atoms with van der Waals surface area (Å²) in [6, 6.07) is 18.7. The zero-order valence-corrected chi connectivity index (χ0v) is 16.8. The Morgan fingerprint density at radius 2 is 1.77 bits per heavy atom. The average Bonchev–Trinajstić information content (AvgIpc) is 3.55. The first-order valence-corrected chi connectivity index (χ1v) is 10.0. The highest BCUT2D eigenvalue weighted by atomic mass is 15.1. The van der Waals surface area contributed by atoms with Crippen LogP contribution in [0.15, 0.2) is 85.6 Å². The SMILES string of the molecule is Cn1ccc2ccc(-c3nc(Nc4ccc(-c5cn[nH]c5)cc4)cc4nccn34)cc21. The average molecular weight is 405 g/mol. The lowest BCUT2D eigenvalue weighted by atomic mass is 10.1. The van der Waals surface area contributed by atoms with Crippen molar-refractivity contribution >= 4 is 28.1 Å². The van der Waals surface area contributed by atoms with Crippen LogP contribution in [0.3, 0.4) is 0 Å². The molecule has 0 saturated carbocycles. The predicted octanol–water partition coefficient (Wildman–Crippen LogP) is 5.02. The Labute approximate surface area is 178 Å². The van der Waals surface area contributed by atoms with Gasteiger partial charge in [-0.25, -0.2) is 9.97 Å². The van der Waals surface area contributed by atoms with E-state index in [0.717, 1.165) is 39.7 Å². The van der Waals surface area contributed by atoms with E-state index in [2.05, 4.69) is 74.7 Å². The molecule has 0 aliphatic rings. The summed E-state index contributed by atoms with van der Waals surface area (Å²) >= 11 is 0. The molecule has 0 radical (unpaired) electrons. The molecular weight excluding hydrogens is 386 g/mol. The van der Waals surface area contributed by atoms with E-state index < -0.39 is 0 Å². The van der Waals surface area contributed by atoms with Crippen LogP contribution < -0.4 is 5.32 Å². The van der Waals surface area contributed by atoms with Crippen LogP contribution in [0, 0.1) is 0 Å². The van der Waals surface area contributed by atoms with Crippen molar-refractivity contribution in [1.82, 2.24) is 29.1 Å². The van der Waals surface area contributed by atoms with Crippen LogP contribution in [0.2, 0.25) is 0 Å². The first-order valence-electron chi connectivity index (χ1n) is 10.0. The second-order valence-electron chi connectivity index (χ2n) is 7.51. The van der Waals surface area contributed by atoms with Crippen LogP contribution in [0.4, 0.5) is 11.5 Å². The number of H-pyrrole nitrogens is 1. The fourth-order valence-corrected chi connectivity index (χ4v) is 3.90. The van der Waals surface area contributed by atoms with Gasteiger partial charge in [0, 0.05) is 60.2 Å². The fraction of sp³-hybridized carbons (Fsp3) is 0.0417. The lowest BCUT2D eigenvalue weighted by molar-refractivity contribution is 0.969. The molecule has 0 saturated heterocycles. The quantitative estimate of drug-likeness (QED) is 0.432. The molecule has 0 unspecified atom stereocenters. The number of hydrogen-bond acceptors (Lipinski definition) is 4. The maximum Gasteiger partial charge on any atom is 0.148 e. The molecule has 7 heteroatoms. The maximum atomic E-state index is 4.92. The second kappa shape index (κ2) is 6.84.